The van der Waals surface area contributed by atoms with E-state index in [-0.39, 0.29) is 23.2 Å². The predicted octanol–water partition coefficient (Wildman–Crippen LogP) is 4.85. The van der Waals surface area contributed by atoms with Gasteiger partial charge >= 0.3 is 0 Å². The molecular weight excluding hydrogens is 522 g/mol. The third-order valence-electron chi connectivity index (χ3n) is 7.29. The fourth-order valence-corrected chi connectivity index (χ4v) is 5.32. The van der Waals surface area contributed by atoms with Gasteiger partial charge in [-0.1, -0.05) is 33.8 Å². The number of anilines is 1. The first-order chi connectivity index (χ1) is 19.5. The summed E-state index contributed by atoms with van der Waals surface area (Å²) in [5, 5.41) is 9.27. The monoisotopic (exact) mass is 567 g/mol. The molecule has 0 saturated carbocycles. The van der Waals surface area contributed by atoms with E-state index in [2.05, 4.69) is 29.8 Å². The Morgan fingerprint density at radius 3 is 2.27 bits per heavy atom. The number of ether oxygens (including phenoxy) is 3. The molecule has 2 aromatic carbocycles. The highest BCUT2D eigenvalue weighted by Crippen LogP contribution is 2.50. The molecule has 0 fully saturated rings. The van der Waals surface area contributed by atoms with E-state index in [1.165, 1.54) is 6.92 Å². The molecule has 2 aromatic rings. The maximum absolute atomic E-state index is 13.7. The fourth-order valence-electron chi connectivity index (χ4n) is 5.32. The minimum Gasteiger partial charge on any atom is -0.493 e. The van der Waals surface area contributed by atoms with Crippen LogP contribution < -0.4 is 35.6 Å². The molecule has 3 N–H and O–H groups in total. The Bertz CT molecular complexity index is 1310. The van der Waals surface area contributed by atoms with Crippen molar-refractivity contribution in [3.8, 4) is 28.4 Å². The average molecular weight is 568 g/mol. The van der Waals surface area contributed by atoms with Gasteiger partial charge in [-0.3, -0.25) is 14.4 Å². The van der Waals surface area contributed by atoms with Gasteiger partial charge in [-0.25, -0.2) is 0 Å². The van der Waals surface area contributed by atoms with Crippen LogP contribution in [0.2, 0.25) is 0 Å². The van der Waals surface area contributed by atoms with Gasteiger partial charge < -0.3 is 30.2 Å². The van der Waals surface area contributed by atoms with Crippen molar-refractivity contribution in [3.05, 3.63) is 45.6 Å². The van der Waals surface area contributed by atoms with Crippen molar-refractivity contribution in [1.82, 2.24) is 10.6 Å². The lowest BCUT2D eigenvalue weighted by Gasteiger charge is -2.21. The number of amides is 2. The average Bonchev–Trinajstić information content (AvgIpc) is 3.15. The van der Waals surface area contributed by atoms with Gasteiger partial charge in [0.1, 0.15) is 6.04 Å². The third kappa shape index (κ3) is 7.71. The molecule has 0 aliphatic heterocycles. The van der Waals surface area contributed by atoms with Gasteiger partial charge in [0.05, 0.1) is 33.1 Å². The quantitative estimate of drug-likeness (QED) is 0.336. The second kappa shape index (κ2) is 14.2. The second-order valence-electron chi connectivity index (χ2n) is 11.4. The SMILES string of the molecule is COc1cc2c(c(OC)c1OC)-c1ccc(NC(CC(C)C)C(=O)NCCC(C)C)c(=O)cc1C(NC(C)=O)CC2. The first kappa shape index (κ1) is 31.8. The van der Waals surface area contributed by atoms with Gasteiger partial charge in [-0.05, 0) is 72.4 Å². The Morgan fingerprint density at radius 2 is 1.68 bits per heavy atom. The van der Waals surface area contributed by atoms with Crippen molar-refractivity contribution in [2.45, 2.75) is 72.4 Å². The van der Waals surface area contributed by atoms with Crippen LogP contribution in [0.1, 0.15) is 71.0 Å². The molecule has 0 bridgehead atoms. The molecule has 1 aliphatic carbocycles. The van der Waals surface area contributed by atoms with E-state index in [4.69, 9.17) is 14.2 Å². The van der Waals surface area contributed by atoms with Crippen LogP contribution in [0, 0.1) is 11.8 Å². The summed E-state index contributed by atoms with van der Waals surface area (Å²) in [6, 6.07) is 6.07. The Hall–Kier alpha value is -3.75. The van der Waals surface area contributed by atoms with Crippen LogP contribution in [0.5, 0.6) is 17.2 Å². The number of rotatable bonds is 12. The van der Waals surface area contributed by atoms with Crippen LogP contribution in [0.3, 0.4) is 0 Å². The van der Waals surface area contributed by atoms with Crippen molar-refractivity contribution >= 4 is 17.5 Å². The van der Waals surface area contributed by atoms with Crippen LogP contribution in [0.15, 0.2) is 29.1 Å². The normalized spacial score (nSPS) is 14.8. The van der Waals surface area contributed by atoms with Crippen molar-refractivity contribution in [2.75, 3.05) is 33.2 Å². The zero-order chi connectivity index (χ0) is 30.3. The van der Waals surface area contributed by atoms with Gasteiger partial charge in [0.2, 0.25) is 23.0 Å². The lowest BCUT2D eigenvalue weighted by Crippen LogP contribution is -2.41. The summed E-state index contributed by atoms with van der Waals surface area (Å²) >= 11 is 0. The Labute approximate surface area is 243 Å². The maximum Gasteiger partial charge on any atom is 0.242 e. The molecule has 2 unspecified atom stereocenters. The van der Waals surface area contributed by atoms with Crippen LogP contribution >= 0.6 is 0 Å². The van der Waals surface area contributed by atoms with E-state index in [9.17, 15) is 14.4 Å². The molecule has 2 atom stereocenters. The number of nitrogens with one attached hydrogen (secondary N) is 3. The Morgan fingerprint density at radius 1 is 0.976 bits per heavy atom. The number of benzene rings is 1. The summed E-state index contributed by atoms with van der Waals surface area (Å²) in [6.07, 6.45) is 2.62. The van der Waals surface area contributed by atoms with Gasteiger partial charge in [-0.2, -0.15) is 0 Å². The maximum atomic E-state index is 13.7. The molecule has 0 spiro atoms. The largest absolute Gasteiger partial charge is 0.493 e. The number of aryl methyl sites for hydroxylation is 1. The van der Waals surface area contributed by atoms with Crippen molar-refractivity contribution in [3.63, 3.8) is 0 Å². The minimum atomic E-state index is -0.575. The number of methoxy groups -OCH3 is 3. The summed E-state index contributed by atoms with van der Waals surface area (Å²) in [6.45, 7) is 10.4. The first-order valence-electron chi connectivity index (χ1n) is 14.3. The lowest BCUT2D eigenvalue weighted by atomic mass is 9.95. The molecule has 1 aliphatic rings. The number of carbonyl (C=O) groups excluding carboxylic acids is 2. The van der Waals surface area contributed by atoms with Gasteiger partial charge in [-0.15, -0.1) is 0 Å². The molecule has 0 radical (unpaired) electrons. The van der Waals surface area contributed by atoms with Gasteiger partial charge in [0.25, 0.3) is 0 Å². The van der Waals surface area contributed by atoms with E-state index in [0.717, 1.165) is 23.1 Å². The topological polar surface area (TPSA) is 115 Å². The highest BCUT2D eigenvalue weighted by Gasteiger charge is 2.30. The first-order valence-corrected chi connectivity index (χ1v) is 14.3. The number of carbonyl (C=O) groups is 2. The van der Waals surface area contributed by atoms with E-state index >= 15 is 0 Å². The van der Waals surface area contributed by atoms with E-state index < -0.39 is 12.1 Å². The number of hydrogen-bond donors (Lipinski definition) is 3. The fraction of sp³-hybridized carbons (Fsp3) is 0.531. The van der Waals surface area contributed by atoms with Crippen molar-refractivity contribution in [1.29, 1.82) is 0 Å². The van der Waals surface area contributed by atoms with Crippen LogP contribution in [0.25, 0.3) is 11.1 Å². The van der Waals surface area contributed by atoms with Gasteiger partial charge in [0, 0.05) is 19.0 Å². The summed E-state index contributed by atoms with van der Waals surface area (Å²) < 4.78 is 17.1. The summed E-state index contributed by atoms with van der Waals surface area (Å²) in [5.74, 6) is 1.85. The highest BCUT2D eigenvalue weighted by atomic mass is 16.5. The minimum absolute atomic E-state index is 0.133. The molecule has 0 heterocycles. The third-order valence-corrected chi connectivity index (χ3v) is 7.29. The predicted molar refractivity (Wildman–Crippen MR) is 162 cm³/mol. The zero-order valence-electron chi connectivity index (χ0n) is 25.6. The molecule has 0 saturated heterocycles. The molecule has 224 valence electrons. The van der Waals surface area contributed by atoms with Crippen LogP contribution in [-0.4, -0.2) is 45.7 Å². The summed E-state index contributed by atoms with van der Waals surface area (Å²) in [4.78, 5) is 39.0. The molecule has 41 heavy (non-hydrogen) atoms. The smallest absolute Gasteiger partial charge is 0.242 e. The van der Waals surface area contributed by atoms with Crippen LogP contribution in [-0.2, 0) is 16.0 Å². The molecular formula is C32H45N3O6. The molecule has 9 heteroatoms. The van der Waals surface area contributed by atoms with E-state index in [1.54, 1.807) is 33.5 Å². The molecule has 9 nitrogen and oxygen atoms in total. The Kier molecular flexibility index (Phi) is 11.0. The molecule has 2 amide bonds. The lowest BCUT2D eigenvalue weighted by molar-refractivity contribution is -0.122. The van der Waals surface area contributed by atoms with E-state index in [1.807, 2.05) is 26.0 Å². The Balaban J connectivity index is 2.18. The summed E-state index contributed by atoms with van der Waals surface area (Å²) in [7, 11) is 4.69. The van der Waals surface area contributed by atoms with Crippen LogP contribution in [0.4, 0.5) is 5.69 Å². The van der Waals surface area contributed by atoms with Crippen molar-refractivity contribution < 1.29 is 23.8 Å². The van der Waals surface area contributed by atoms with E-state index in [0.29, 0.717) is 60.2 Å². The standard InChI is InChI=1S/C32H45N3O6/c1-18(2)13-14-33-32(38)26(15-19(3)4)35-25-12-10-22-23(17-27(25)37)24(34-20(5)36)11-9-21-16-28(39-6)30(40-7)31(41-8)29(21)22/h10,12,16-19,24,26H,9,11,13-15H2,1-8H3,(H,33,38)(H,34,36)(H,35,37). The number of hydrogen-bond acceptors (Lipinski definition) is 7. The molecule has 0 aromatic heterocycles. The second-order valence-corrected chi connectivity index (χ2v) is 11.4. The highest BCUT2D eigenvalue weighted by molar-refractivity contribution is 5.86. The van der Waals surface area contributed by atoms with Crippen molar-refractivity contribution in [2.24, 2.45) is 11.8 Å². The number of fused-ring (bicyclic) bond motifs is 3. The van der Waals surface area contributed by atoms with Gasteiger partial charge in [0.15, 0.2) is 11.5 Å². The summed E-state index contributed by atoms with van der Waals surface area (Å²) in [5.41, 5.74) is 3.17. The zero-order valence-corrected chi connectivity index (χ0v) is 25.6. The molecule has 3 rings (SSSR count).